The van der Waals surface area contributed by atoms with Crippen LogP contribution < -0.4 is 0 Å². The van der Waals surface area contributed by atoms with E-state index in [-0.39, 0.29) is 0 Å². The van der Waals surface area contributed by atoms with Crippen LogP contribution in [0.4, 0.5) is 8.78 Å². The van der Waals surface area contributed by atoms with Gasteiger partial charge in [-0.3, -0.25) is 4.90 Å². The molecule has 0 aromatic rings. The van der Waals surface area contributed by atoms with E-state index in [0.29, 0.717) is 19.5 Å². The van der Waals surface area contributed by atoms with Gasteiger partial charge in [0.25, 0.3) is 0 Å². The molecule has 0 aromatic carbocycles. The van der Waals surface area contributed by atoms with E-state index < -0.39 is 12.7 Å². The minimum atomic E-state index is -2.70. The van der Waals surface area contributed by atoms with Crippen LogP contribution in [0.15, 0.2) is 0 Å². The summed E-state index contributed by atoms with van der Waals surface area (Å²) in [5.74, 6) is 0. The zero-order chi connectivity index (χ0) is 9.68. The summed E-state index contributed by atoms with van der Waals surface area (Å²) in [6.45, 7) is -1.16. The third kappa shape index (κ3) is 3.66. The molecule has 0 spiro atoms. The zero-order valence-electron chi connectivity index (χ0n) is 7.25. The molecule has 0 aromatic heterocycles. The fourth-order valence-corrected chi connectivity index (χ4v) is 1.51. The quantitative estimate of drug-likeness (QED) is 0.628. The summed E-state index contributed by atoms with van der Waals surface area (Å²) in [6, 6.07) is 1.99. The first-order valence-corrected chi connectivity index (χ1v) is 4.25. The van der Waals surface area contributed by atoms with E-state index in [9.17, 15) is 8.78 Å². The van der Waals surface area contributed by atoms with E-state index in [1.54, 1.807) is 0 Å². The van der Waals surface area contributed by atoms with Crippen LogP contribution in [-0.4, -0.2) is 37.2 Å². The molecule has 1 saturated heterocycles. The second kappa shape index (κ2) is 5.10. The summed E-state index contributed by atoms with van der Waals surface area (Å²) < 4.78 is 28.0. The van der Waals surface area contributed by atoms with E-state index in [0.717, 1.165) is 13.0 Å². The van der Waals surface area contributed by atoms with Crippen molar-refractivity contribution in [2.75, 3.05) is 19.6 Å². The number of hydrogen-bond donors (Lipinski definition) is 0. The highest BCUT2D eigenvalue weighted by molar-refractivity contribution is 4.81. The predicted octanol–water partition coefficient (Wildman–Crippen LogP) is 1.21. The van der Waals surface area contributed by atoms with E-state index in [1.807, 2.05) is 11.0 Å². The summed E-state index contributed by atoms with van der Waals surface area (Å²) in [5.41, 5.74) is 0. The third-order valence-electron chi connectivity index (χ3n) is 2.05. The van der Waals surface area contributed by atoms with E-state index in [4.69, 9.17) is 5.26 Å². The van der Waals surface area contributed by atoms with Gasteiger partial charge in [-0.2, -0.15) is 14.0 Å². The van der Waals surface area contributed by atoms with Gasteiger partial charge in [0.05, 0.1) is 18.7 Å². The number of nitrogens with zero attached hydrogens (tertiary/aromatic N) is 2. The molecule has 13 heavy (non-hydrogen) atoms. The van der Waals surface area contributed by atoms with Crippen molar-refractivity contribution in [3.05, 3.63) is 0 Å². The van der Waals surface area contributed by atoms with Crippen LogP contribution in [0.25, 0.3) is 0 Å². The van der Waals surface area contributed by atoms with E-state index in [2.05, 4.69) is 4.74 Å². The predicted molar refractivity (Wildman–Crippen MR) is 42.2 cm³/mol. The zero-order valence-corrected chi connectivity index (χ0v) is 7.25. The van der Waals surface area contributed by atoms with Gasteiger partial charge in [-0.05, 0) is 19.4 Å². The molecular formula is C8H12F2N2O. The largest absolute Gasteiger partial charge is 0.345 e. The van der Waals surface area contributed by atoms with Gasteiger partial charge in [0, 0.05) is 6.54 Å². The molecule has 1 rings (SSSR count). The number of halogens is 2. The molecule has 0 radical (unpaired) electrons. The lowest BCUT2D eigenvalue weighted by molar-refractivity contribution is -0.173. The van der Waals surface area contributed by atoms with Crippen LogP contribution >= 0.6 is 0 Å². The van der Waals surface area contributed by atoms with Crippen LogP contribution in [0.1, 0.15) is 12.8 Å². The highest BCUT2D eigenvalue weighted by Crippen LogP contribution is 2.15. The molecule has 0 bridgehead atoms. The summed E-state index contributed by atoms with van der Waals surface area (Å²) in [6.07, 6.45) is 1.06. The third-order valence-corrected chi connectivity index (χ3v) is 2.05. The van der Waals surface area contributed by atoms with Gasteiger partial charge in [-0.25, -0.2) is 0 Å². The Hall–Kier alpha value is -0.730. The lowest BCUT2D eigenvalue weighted by atomic mass is 10.1. The van der Waals surface area contributed by atoms with Gasteiger partial charge in [-0.1, -0.05) is 0 Å². The lowest BCUT2D eigenvalue weighted by Gasteiger charge is -2.30. The summed E-state index contributed by atoms with van der Waals surface area (Å²) in [7, 11) is 0. The summed E-state index contributed by atoms with van der Waals surface area (Å²) in [5, 5.41) is 8.41. The number of hydrogen-bond acceptors (Lipinski definition) is 3. The summed E-state index contributed by atoms with van der Waals surface area (Å²) in [4.78, 5) is 1.83. The second-order valence-corrected chi connectivity index (χ2v) is 3.05. The van der Waals surface area contributed by atoms with Crippen LogP contribution in [0.3, 0.4) is 0 Å². The van der Waals surface area contributed by atoms with Crippen molar-refractivity contribution < 1.29 is 13.5 Å². The molecule has 1 atom stereocenters. The normalized spacial score (nSPS) is 24.6. The average Bonchev–Trinajstić information content (AvgIpc) is 2.04. The molecule has 1 unspecified atom stereocenters. The van der Waals surface area contributed by atoms with Crippen LogP contribution in [0.5, 0.6) is 0 Å². The Kier molecular flexibility index (Phi) is 4.06. The maximum absolute atomic E-state index is 11.8. The fourth-order valence-electron chi connectivity index (χ4n) is 1.51. The SMILES string of the molecule is N#CCN1CCCC(OC(F)F)C1. The Morgan fingerprint density at radius 2 is 2.38 bits per heavy atom. The highest BCUT2D eigenvalue weighted by Gasteiger charge is 2.22. The van der Waals surface area contributed by atoms with Crippen molar-refractivity contribution >= 4 is 0 Å². The van der Waals surface area contributed by atoms with Gasteiger partial charge in [0.1, 0.15) is 0 Å². The topological polar surface area (TPSA) is 36.3 Å². The van der Waals surface area contributed by atoms with Crippen molar-refractivity contribution in [2.45, 2.75) is 25.6 Å². The molecule has 5 heteroatoms. The fraction of sp³-hybridized carbons (Fsp3) is 0.875. The average molecular weight is 190 g/mol. The van der Waals surface area contributed by atoms with E-state index in [1.165, 1.54) is 0 Å². The molecule has 0 amide bonds. The van der Waals surface area contributed by atoms with Gasteiger partial charge in [0.2, 0.25) is 0 Å². The Balaban J connectivity index is 2.29. The number of alkyl halides is 2. The molecule has 0 N–H and O–H groups in total. The smallest absolute Gasteiger partial charge is 0.318 e. The first-order chi connectivity index (χ1) is 6.22. The van der Waals surface area contributed by atoms with Gasteiger partial charge in [-0.15, -0.1) is 0 Å². The van der Waals surface area contributed by atoms with Crippen molar-refractivity contribution in [1.82, 2.24) is 4.90 Å². The molecule has 0 aliphatic carbocycles. The van der Waals surface area contributed by atoms with Crippen LogP contribution in [-0.2, 0) is 4.74 Å². The maximum Gasteiger partial charge on any atom is 0.345 e. The summed E-state index contributed by atoms with van der Waals surface area (Å²) >= 11 is 0. The van der Waals surface area contributed by atoms with E-state index >= 15 is 0 Å². The molecular weight excluding hydrogens is 178 g/mol. The maximum atomic E-state index is 11.8. The van der Waals surface area contributed by atoms with Gasteiger partial charge < -0.3 is 4.74 Å². The number of rotatable bonds is 3. The Morgan fingerprint density at radius 3 is 3.00 bits per heavy atom. The van der Waals surface area contributed by atoms with Gasteiger partial charge >= 0.3 is 6.61 Å². The van der Waals surface area contributed by atoms with Crippen LogP contribution in [0, 0.1) is 11.3 Å². The molecule has 1 heterocycles. The Bertz CT molecular complexity index is 193. The van der Waals surface area contributed by atoms with Crippen LogP contribution in [0.2, 0.25) is 0 Å². The Labute approximate surface area is 75.9 Å². The van der Waals surface area contributed by atoms with Crippen molar-refractivity contribution in [2.24, 2.45) is 0 Å². The molecule has 3 nitrogen and oxygen atoms in total. The number of nitriles is 1. The standard InChI is InChI=1S/C8H12F2N2O/c9-8(10)13-7-2-1-4-12(6-7)5-3-11/h7-8H,1-2,4-6H2. The van der Waals surface area contributed by atoms with Crippen molar-refractivity contribution in [1.29, 1.82) is 5.26 Å². The first-order valence-electron chi connectivity index (χ1n) is 4.25. The number of likely N-dealkylation sites (tertiary alicyclic amines) is 1. The minimum absolute atomic E-state index is 0.295. The first kappa shape index (κ1) is 10.4. The number of ether oxygens (including phenoxy) is 1. The molecule has 1 aliphatic heterocycles. The number of piperidine rings is 1. The molecule has 1 fully saturated rings. The molecule has 0 saturated carbocycles. The lowest BCUT2D eigenvalue weighted by Crippen LogP contribution is -2.40. The molecule has 74 valence electrons. The minimum Gasteiger partial charge on any atom is -0.318 e. The van der Waals surface area contributed by atoms with Crippen molar-refractivity contribution in [3.8, 4) is 6.07 Å². The highest BCUT2D eigenvalue weighted by atomic mass is 19.3. The monoisotopic (exact) mass is 190 g/mol. The van der Waals surface area contributed by atoms with Crippen molar-refractivity contribution in [3.63, 3.8) is 0 Å². The Morgan fingerprint density at radius 1 is 1.62 bits per heavy atom. The second-order valence-electron chi connectivity index (χ2n) is 3.05. The molecule has 1 aliphatic rings. The van der Waals surface area contributed by atoms with Gasteiger partial charge in [0.15, 0.2) is 0 Å².